The van der Waals surface area contributed by atoms with Crippen LogP contribution in [0.4, 0.5) is 13.2 Å². The smallest absolute Gasteiger partial charge is 0.340 e. The van der Waals surface area contributed by atoms with E-state index in [-0.39, 0.29) is 4.90 Å². The molecule has 0 spiro atoms. The molecule has 0 fully saturated rings. The summed E-state index contributed by atoms with van der Waals surface area (Å²) in [5.41, 5.74) is 1.79. The van der Waals surface area contributed by atoms with Crippen LogP contribution in [0.15, 0.2) is 53.9 Å². The number of aryl methyl sites for hydroxylation is 3. The Balaban J connectivity index is 1.90. The molecule has 0 aliphatic heterocycles. The molecule has 3 aromatic rings. The molecule has 0 bridgehead atoms. The topological polar surface area (TPSA) is 76.9 Å². The van der Waals surface area contributed by atoms with Crippen molar-refractivity contribution in [3.63, 3.8) is 0 Å². The molecule has 0 aliphatic carbocycles. The van der Waals surface area contributed by atoms with E-state index in [1.165, 1.54) is 19.2 Å². The first-order valence-corrected chi connectivity index (χ1v) is 10.2. The number of alkyl halides is 3. The third-order valence-corrected chi connectivity index (χ3v) is 5.86. The third-order valence-electron chi connectivity index (χ3n) is 4.44. The SMILES string of the molecule is CNS(=O)(=O)c1ccc(CCc2ccc(C(F)(F)F)cn2)c(-c2cn(C)cn2)c1. The van der Waals surface area contributed by atoms with Gasteiger partial charge in [-0.15, -0.1) is 0 Å². The average molecular weight is 424 g/mol. The molecule has 1 N–H and O–H groups in total. The number of rotatable bonds is 6. The Morgan fingerprint density at radius 3 is 2.41 bits per heavy atom. The van der Waals surface area contributed by atoms with Gasteiger partial charge in [0.05, 0.1) is 22.5 Å². The second-order valence-corrected chi connectivity index (χ2v) is 8.37. The van der Waals surface area contributed by atoms with Crippen molar-refractivity contribution in [3.05, 3.63) is 65.9 Å². The van der Waals surface area contributed by atoms with Gasteiger partial charge in [-0.3, -0.25) is 4.98 Å². The van der Waals surface area contributed by atoms with Crippen LogP contribution >= 0.6 is 0 Å². The van der Waals surface area contributed by atoms with Gasteiger partial charge in [0.2, 0.25) is 10.0 Å². The summed E-state index contributed by atoms with van der Waals surface area (Å²) >= 11 is 0. The number of pyridine rings is 1. The molecule has 154 valence electrons. The van der Waals surface area contributed by atoms with E-state index in [9.17, 15) is 21.6 Å². The highest BCUT2D eigenvalue weighted by atomic mass is 32.2. The summed E-state index contributed by atoms with van der Waals surface area (Å²) in [7, 11) is -0.493. The van der Waals surface area contributed by atoms with Gasteiger partial charge >= 0.3 is 6.18 Å². The lowest BCUT2D eigenvalue weighted by molar-refractivity contribution is -0.137. The fraction of sp³-hybridized carbons (Fsp3) is 0.263. The Bertz CT molecular complexity index is 1110. The maximum Gasteiger partial charge on any atom is 0.417 e. The van der Waals surface area contributed by atoms with E-state index in [1.54, 1.807) is 36.3 Å². The van der Waals surface area contributed by atoms with Gasteiger partial charge in [0, 0.05) is 30.7 Å². The summed E-state index contributed by atoms with van der Waals surface area (Å²) in [4.78, 5) is 8.30. The molecule has 0 saturated carbocycles. The fourth-order valence-corrected chi connectivity index (χ4v) is 3.61. The van der Waals surface area contributed by atoms with Gasteiger partial charge in [0.1, 0.15) is 0 Å². The highest BCUT2D eigenvalue weighted by Gasteiger charge is 2.30. The van der Waals surface area contributed by atoms with Crippen LogP contribution in [-0.4, -0.2) is 30.0 Å². The molecule has 0 radical (unpaired) electrons. The predicted octanol–water partition coefficient (Wildman–Crippen LogP) is 3.19. The number of sulfonamides is 1. The van der Waals surface area contributed by atoms with Crippen LogP contribution in [0, 0.1) is 0 Å². The number of hydrogen-bond acceptors (Lipinski definition) is 4. The maximum atomic E-state index is 12.7. The van der Waals surface area contributed by atoms with E-state index < -0.39 is 21.8 Å². The Labute approximate surface area is 166 Å². The summed E-state index contributed by atoms with van der Waals surface area (Å²) in [6.45, 7) is 0. The van der Waals surface area contributed by atoms with Crippen LogP contribution in [0.3, 0.4) is 0 Å². The van der Waals surface area contributed by atoms with E-state index in [0.717, 1.165) is 17.8 Å². The Morgan fingerprint density at radius 1 is 1.10 bits per heavy atom. The van der Waals surface area contributed by atoms with Crippen LogP contribution in [-0.2, 0) is 36.1 Å². The molecule has 0 amide bonds. The van der Waals surface area contributed by atoms with Crippen molar-refractivity contribution < 1.29 is 21.6 Å². The zero-order valence-corrected chi connectivity index (χ0v) is 16.5. The number of nitrogens with zero attached hydrogens (tertiary/aromatic N) is 3. The molecule has 29 heavy (non-hydrogen) atoms. The number of halogens is 3. The largest absolute Gasteiger partial charge is 0.417 e. The Kier molecular flexibility index (Phi) is 5.76. The molecule has 1 aromatic carbocycles. The number of benzene rings is 1. The van der Waals surface area contributed by atoms with E-state index >= 15 is 0 Å². The van der Waals surface area contributed by atoms with Gasteiger partial charge in [0.25, 0.3) is 0 Å². The van der Waals surface area contributed by atoms with E-state index in [0.29, 0.717) is 29.8 Å². The first-order valence-electron chi connectivity index (χ1n) is 8.67. The lowest BCUT2D eigenvalue weighted by Gasteiger charge is -2.11. The minimum Gasteiger partial charge on any atom is -0.340 e. The van der Waals surface area contributed by atoms with Crippen LogP contribution in [0.5, 0.6) is 0 Å². The molecule has 2 heterocycles. The molecule has 2 aromatic heterocycles. The number of imidazole rings is 1. The first kappa shape index (κ1) is 21.0. The van der Waals surface area contributed by atoms with E-state index in [2.05, 4.69) is 14.7 Å². The molecule has 6 nitrogen and oxygen atoms in total. The Hall–Kier alpha value is -2.72. The van der Waals surface area contributed by atoms with Crippen molar-refractivity contribution in [3.8, 4) is 11.3 Å². The van der Waals surface area contributed by atoms with Crippen molar-refractivity contribution in [2.75, 3.05) is 7.05 Å². The minimum absolute atomic E-state index is 0.108. The minimum atomic E-state index is -4.42. The summed E-state index contributed by atoms with van der Waals surface area (Å²) in [6.07, 6.45) is 0.630. The first-order chi connectivity index (χ1) is 13.6. The average Bonchev–Trinajstić information content (AvgIpc) is 3.12. The fourth-order valence-electron chi connectivity index (χ4n) is 2.85. The monoisotopic (exact) mass is 424 g/mol. The van der Waals surface area contributed by atoms with Crippen molar-refractivity contribution in [1.29, 1.82) is 0 Å². The highest BCUT2D eigenvalue weighted by Crippen LogP contribution is 2.29. The number of aromatic nitrogens is 3. The second-order valence-electron chi connectivity index (χ2n) is 6.49. The van der Waals surface area contributed by atoms with Crippen LogP contribution in [0.2, 0.25) is 0 Å². The lowest BCUT2D eigenvalue weighted by atomic mass is 9.99. The van der Waals surface area contributed by atoms with E-state index in [4.69, 9.17) is 0 Å². The molecule has 10 heteroatoms. The molecule has 0 atom stereocenters. The van der Waals surface area contributed by atoms with Gasteiger partial charge < -0.3 is 4.57 Å². The maximum absolute atomic E-state index is 12.7. The van der Waals surface area contributed by atoms with Gasteiger partial charge in [-0.1, -0.05) is 6.07 Å². The highest BCUT2D eigenvalue weighted by molar-refractivity contribution is 7.89. The predicted molar refractivity (Wildman–Crippen MR) is 102 cm³/mol. The van der Waals surface area contributed by atoms with Gasteiger partial charge in [0.15, 0.2) is 0 Å². The molecular weight excluding hydrogens is 405 g/mol. The Morgan fingerprint density at radius 2 is 1.86 bits per heavy atom. The second kappa shape index (κ2) is 7.96. The lowest BCUT2D eigenvalue weighted by Crippen LogP contribution is -2.18. The molecule has 3 rings (SSSR count). The van der Waals surface area contributed by atoms with Crippen molar-refractivity contribution in [2.45, 2.75) is 23.9 Å². The normalized spacial score (nSPS) is 12.3. The summed E-state index contributed by atoms with van der Waals surface area (Å²) in [5.74, 6) is 0. The van der Waals surface area contributed by atoms with E-state index in [1.807, 2.05) is 0 Å². The molecule has 0 aliphatic rings. The summed E-state index contributed by atoms with van der Waals surface area (Å²) < 4.78 is 66.4. The standard InChI is InChI=1S/C19H19F3N4O2S/c1-23-29(27,28)16-8-4-13(17(9-16)18-11-26(2)12-25-18)3-6-15-7-5-14(10-24-15)19(20,21)22/h4-5,7-12,23H,3,6H2,1-2H3. The van der Waals surface area contributed by atoms with Crippen molar-refractivity contribution in [1.82, 2.24) is 19.3 Å². The molecule has 0 unspecified atom stereocenters. The van der Waals surface area contributed by atoms with Crippen LogP contribution in [0.1, 0.15) is 16.8 Å². The molecular formula is C19H19F3N4O2S. The van der Waals surface area contributed by atoms with Crippen LogP contribution in [0.25, 0.3) is 11.3 Å². The number of hydrogen-bond donors (Lipinski definition) is 1. The van der Waals surface area contributed by atoms with Crippen LogP contribution < -0.4 is 4.72 Å². The molecule has 0 saturated heterocycles. The quantitative estimate of drug-likeness (QED) is 0.659. The zero-order chi connectivity index (χ0) is 21.2. The summed E-state index contributed by atoms with van der Waals surface area (Å²) in [5, 5.41) is 0. The van der Waals surface area contributed by atoms with Crippen molar-refractivity contribution >= 4 is 10.0 Å². The summed E-state index contributed by atoms with van der Waals surface area (Å²) in [6, 6.07) is 7.09. The van der Waals surface area contributed by atoms with Crippen molar-refractivity contribution in [2.24, 2.45) is 7.05 Å². The van der Waals surface area contributed by atoms with Gasteiger partial charge in [-0.2, -0.15) is 13.2 Å². The van der Waals surface area contributed by atoms with Gasteiger partial charge in [-0.05, 0) is 49.7 Å². The third kappa shape index (κ3) is 4.83. The number of nitrogens with one attached hydrogen (secondary N) is 1. The zero-order valence-electron chi connectivity index (χ0n) is 15.7. The van der Waals surface area contributed by atoms with Gasteiger partial charge in [-0.25, -0.2) is 18.1 Å².